The zero-order valence-corrected chi connectivity index (χ0v) is 37.3. The highest BCUT2D eigenvalue weighted by atomic mass is 14.8. The van der Waals surface area contributed by atoms with Gasteiger partial charge in [-0.25, -0.2) is 0 Å². The minimum Gasteiger partial charge on any atom is -0.254 e. The van der Waals surface area contributed by atoms with Crippen LogP contribution in [0.3, 0.4) is 0 Å². The molecule has 0 fully saturated rings. The number of benzene rings is 3. The predicted molar refractivity (Wildman–Crippen MR) is 287 cm³/mol. The Bertz CT molecular complexity index is 3250. The predicted octanol–water partition coefficient (Wildman–Crippen LogP) is 15.2. The molecule has 0 saturated heterocycles. The highest BCUT2D eigenvalue weighted by Gasteiger charge is 2.04. The first-order chi connectivity index (χ1) is 33.5. The molecule has 0 amide bonds. The van der Waals surface area contributed by atoms with E-state index in [0.29, 0.717) is 0 Å². The molecule has 6 aromatic heterocycles. The van der Waals surface area contributed by atoms with Crippen molar-refractivity contribution >= 4 is 72.9 Å². The van der Waals surface area contributed by atoms with Gasteiger partial charge in [0, 0.05) is 37.2 Å². The van der Waals surface area contributed by atoms with Crippen molar-refractivity contribution in [2.45, 2.75) is 0 Å². The highest BCUT2D eigenvalue weighted by Crippen LogP contribution is 2.21. The number of nitrogens with zero attached hydrogens (tertiary/aromatic N) is 6. The van der Waals surface area contributed by atoms with Crippen molar-refractivity contribution in [3.8, 4) is 34.2 Å². The van der Waals surface area contributed by atoms with Gasteiger partial charge in [-0.15, -0.1) is 0 Å². The standard InChI is InChI=1S/C62H46N6/c1-3-45-5-7-47(8-6-45)17-22-52-29-35-59(65-41-52)60-36-30-54(42-66-60)24-20-50-13-15-51(16-14-50)21-26-56-32-38-62(68-44-56)61-37-31-55(43-67-61)25-19-49-11-9-48(10-12-49)18-23-53-28-34-58(64-40-53)57-33-27-46(4-2)39-63-57/h3-44H,1-2H2/b22-17+,23-18+,24-20+,25-19+,26-21+. The summed E-state index contributed by atoms with van der Waals surface area (Å²) in [4.78, 5) is 27.7. The molecule has 6 heterocycles. The molecule has 0 saturated carbocycles. The van der Waals surface area contributed by atoms with Crippen LogP contribution in [0.25, 0.3) is 107 Å². The van der Waals surface area contributed by atoms with Gasteiger partial charge in [0.2, 0.25) is 0 Å². The molecule has 3 aromatic carbocycles. The van der Waals surface area contributed by atoms with Crippen LogP contribution < -0.4 is 0 Å². The molecule has 0 bridgehead atoms. The number of hydrogen-bond acceptors (Lipinski definition) is 6. The van der Waals surface area contributed by atoms with E-state index in [2.05, 4.69) is 191 Å². The van der Waals surface area contributed by atoms with Crippen LogP contribution in [0.5, 0.6) is 0 Å². The van der Waals surface area contributed by atoms with E-state index in [0.717, 1.165) is 101 Å². The summed E-state index contributed by atoms with van der Waals surface area (Å²) < 4.78 is 0. The van der Waals surface area contributed by atoms with E-state index >= 15 is 0 Å². The topological polar surface area (TPSA) is 77.3 Å². The van der Waals surface area contributed by atoms with Gasteiger partial charge in [-0.1, -0.05) is 195 Å². The molecule has 0 aliphatic carbocycles. The van der Waals surface area contributed by atoms with Gasteiger partial charge >= 0.3 is 0 Å². The molecule has 9 aromatic rings. The summed E-state index contributed by atoms with van der Waals surface area (Å²) in [6, 6.07) is 49.4. The lowest BCUT2D eigenvalue weighted by atomic mass is 10.1. The Labute approximate surface area is 397 Å². The van der Waals surface area contributed by atoms with E-state index in [4.69, 9.17) is 9.97 Å². The largest absolute Gasteiger partial charge is 0.254 e. The van der Waals surface area contributed by atoms with Crippen LogP contribution >= 0.6 is 0 Å². The van der Waals surface area contributed by atoms with Crippen molar-refractivity contribution in [3.05, 3.63) is 263 Å². The van der Waals surface area contributed by atoms with Gasteiger partial charge in [0.1, 0.15) is 0 Å². The Morgan fingerprint density at radius 2 is 0.353 bits per heavy atom. The second-order valence-electron chi connectivity index (χ2n) is 15.9. The number of aromatic nitrogens is 6. The number of rotatable bonds is 15. The lowest BCUT2D eigenvalue weighted by Crippen LogP contribution is -1.88. The van der Waals surface area contributed by atoms with Gasteiger partial charge < -0.3 is 0 Å². The van der Waals surface area contributed by atoms with Gasteiger partial charge in [-0.2, -0.15) is 0 Å². The van der Waals surface area contributed by atoms with E-state index in [1.54, 1.807) is 12.3 Å². The van der Waals surface area contributed by atoms with Crippen LogP contribution in [0.2, 0.25) is 0 Å². The molecular weight excluding hydrogens is 829 g/mol. The Balaban J connectivity index is 0.725. The summed E-state index contributed by atoms with van der Waals surface area (Å²) in [5.74, 6) is 0. The zero-order chi connectivity index (χ0) is 46.3. The van der Waals surface area contributed by atoms with Gasteiger partial charge in [0.25, 0.3) is 0 Å². The summed E-state index contributed by atoms with van der Waals surface area (Å²) in [5.41, 5.74) is 17.7. The molecule has 0 radical (unpaired) electrons. The van der Waals surface area contributed by atoms with Crippen molar-refractivity contribution in [2.75, 3.05) is 0 Å². The first kappa shape index (κ1) is 44.0. The van der Waals surface area contributed by atoms with Crippen LogP contribution in [0.4, 0.5) is 0 Å². The fourth-order valence-electron chi connectivity index (χ4n) is 7.10. The average Bonchev–Trinajstić information content (AvgIpc) is 3.41. The van der Waals surface area contributed by atoms with Crippen molar-refractivity contribution in [1.82, 2.24) is 29.9 Å². The molecule has 0 aliphatic rings. The molecule has 6 heteroatoms. The molecule has 0 unspecified atom stereocenters. The summed E-state index contributed by atoms with van der Waals surface area (Å²) >= 11 is 0. The summed E-state index contributed by atoms with van der Waals surface area (Å²) in [5, 5.41) is 0. The smallest absolute Gasteiger partial charge is 0.0886 e. The highest BCUT2D eigenvalue weighted by molar-refractivity contribution is 5.76. The molecule has 6 nitrogen and oxygen atoms in total. The van der Waals surface area contributed by atoms with Crippen molar-refractivity contribution in [3.63, 3.8) is 0 Å². The zero-order valence-electron chi connectivity index (χ0n) is 37.3. The van der Waals surface area contributed by atoms with Gasteiger partial charge in [0.15, 0.2) is 0 Å². The average molecular weight is 875 g/mol. The first-order valence-corrected chi connectivity index (χ1v) is 22.2. The molecule has 324 valence electrons. The van der Waals surface area contributed by atoms with Crippen LogP contribution in [-0.2, 0) is 0 Å². The maximum atomic E-state index is 4.69. The monoisotopic (exact) mass is 874 g/mol. The Hall–Kier alpha value is -9.26. The number of hydrogen-bond donors (Lipinski definition) is 0. The van der Waals surface area contributed by atoms with E-state index in [9.17, 15) is 0 Å². The molecular formula is C62H46N6. The SMILES string of the molecule is C=Cc1ccc(/C=C/c2ccc(-c3ccc(/C=C/c4ccc(/C=C/c5ccc(-c6ccc(/C=C/c7ccc(/C=C/c8ccc(-c9ccc(C=C)cn9)nc8)cc7)cn6)nc5)cc4)cn3)nc2)cc1. The molecule has 0 N–H and O–H groups in total. The van der Waals surface area contributed by atoms with Gasteiger partial charge in [-0.3, -0.25) is 29.9 Å². The molecule has 0 spiro atoms. The lowest BCUT2D eigenvalue weighted by Gasteiger charge is -2.02. The van der Waals surface area contributed by atoms with Gasteiger partial charge in [0.05, 0.1) is 34.2 Å². The van der Waals surface area contributed by atoms with Crippen LogP contribution in [0, 0.1) is 0 Å². The third-order valence-electron chi connectivity index (χ3n) is 11.1. The van der Waals surface area contributed by atoms with Crippen molar-refractivity contribution in [1.29, 1.82) is 0 Å². The van der Waals surface area contributed by atoms with E-state index in [-0.39, 0.29) is 0 Å². The fraction of sp³-hybridized carbons (Fsp3) is 0. The van der Waals surface area contributed by atoms with Crippen molar-refractivity contribution < 1.29 is 0 Å². The normalized spacial score (nSPS) is 11.6. The van der Waals surface area contributed by atoms with Crippen LogP contribution in [0.1, 0.15) is 66.8 Å². The summed E-state index contributed by atoms with van der Waals surface area (Å²) in [6.45, 7) is 7.59. The second-order valence-corrected chi connectivity index (χ2v) is 15.9. The Morgan fingerprint density at radius 3 is 0.529 bits per heavy atom. The maximum Gasteiger partial charge on any atom is 0.0886 e. The van der Waals surface area contributed by atoms with Crippen LogP contribution in [0.15, 0.2) is 196 Å². The number of pyridine rings is 6. The van der Waals surface area contributed by atoms with E-state index in [1.807, 2.05) is 85.6 Å². The molecule has 0 atom stereocenters. The summed E-state index contributed by atoms with van der Waals surface area (Å²) in [7, 11) is 0. The third kappa shape index (κ3) is 11.9. The molecule has 68 heavy (non-hydrogen) atoms. The first-order valence-electron chi connectivity index (χ1n) is 22.2. The minimum atomic E-state index is 0.825. The Kier molecular flexibility index (Phi) is 14.0. The second kappa shape index (κ2) is 21.6. The van der Waals surface area contributed by atoms with Gasteiger partial charge in [-0.05, 0) is 103 Å². The molecule has 0 aliphatic heterocycles. The Morgan fingerprint density at radius 1 is 0.191 bits per heavy atom. The summed E-state index contributed by atoms with van der Waals surface area (Å²) in [6.07, 6.45) is 35.6. The molecule has 9 rings (SSSR count). The van der Waals surface area contributed by atoms with Crippen LogP contribution in [-0.4, -0.2) is 29.9 Å². The van der Waals surface area contributed by atoms with Crippen molar-refractivity contribution in [2.24, 2.45) is 0 Å². The van der Waals surface area contributed by atoms with E-state index in [1.165, 1.54) is 0 Å². The maximum absolute atomic E-state index is 4.69. The quantitative estimate of drug-likeness (QED) is 0.102. The lowest BCUT2D eigenvalue weighted by molar-refractivity contribution is 1.24. The minimum absolute atomic E-state index is 0.825. The fourth-order valence-corrected chi connectivity index (χ4v) is 7.10. The third-order valence-corrected chi connectivity index (χ3v) is 11.1. The van der Waals surface area contributed by atoms with E-state index < -0.39 is 0 Å².